The number of benzene rings is 3. The van der Waals surface area contributed by atoms with Crippen LogP contribution in [0.4, 0.5) is 0 Å². The number of halogens is 1. The molecule has 0 saturated heterocycles. The van der Waals surface area contributed by atoms with Gasteiger partial charge in [-0.3, -0.25) is 10.2 Å². The number of sulfonamides is 1. The average molecular weight is 419 g/mol. The lowest BCUT2D eigenvalue weighted by molar-refractivity contribution is -0.120. The van der Waals surface area contributed by atoms with Gasteiger partial charge in [0.05, 0.1) is 11.3 Å². The molecular weight excluding hydrogens is 404 g/mol. The first-order chi connectivity index (χ1) is 12.0. The molecule has 0 atom stereocenters. The maximum Gasteiger partial charge on any atom is 0.257 e. The van der Waals surface area contributed by atoms with E-state index in [9.17, 15) is 13.2 Å². The summed E-state index contributed by atoms with van der Waals surface area (Å²) in [5, 5.41) is 2.00. The topological polar surface area (TPSA) is 75.3 Å². The van der Waals surface area contributed by atoms with Crippen molar-refractivity contribution >= 4 is 42.6 Å². The van der Waals surface area contributed by atoms with Gasteiger partial charge in [-0.1, -0.05) is 64.5 Å². The van der Waals surface area contributed by atoms with E-state index < -0.39 is 15.9 Å². The van der Waals surface area contributed by atoms with Gasteiger partial charge < -0.3 is 0 Å². The highest BCUT2D eigenvalue weighted by atomic mass is 79.9. The molecule has 0 bridgehead atoms. The molecule has 3 aromatic carbocycles. The molecule has 5 nitrogen and oxygen atoms in total. The smallest absolute Gasteiger partial charge is 0.257 e. The summed E-state index contributed by atoms with van der Waals surface area (Å²) in [4.78, 5) is 14.3. The number of hydrogen-bond donors (Lipinski definition) is 2. The zero-order valence-electron chi connectivity index (χ0n) is 13.1. The molecule has 25 heavy (non-hydrogen) atoms. The third kappa shape index (κ3) is 4.25. The Labute approximate surface area is 154 Å². The minimum Gasteiger partial charge on any atom is -0.277 e. The number of carbonyl (C=O) groups is 1. The van der Waals surface area contributed by atoms with E-state index >= 15 is 0 Å². The maximum atomic E-state index is 12.2. The molecule has 3 rings (SSSR count). The fourth-order valence-electron chi connectivity index (χ4n) is 2.48. The molecule has 0 aliphatic carbocycles. The van der Waals surface area contributed by atoms with E-state index in [0.29, 0.717) is 4.47 Å². The molecule has 7 heteroatoms. The monoisotopic (exact) mass is 418 g/mol. The van der Waals surface area contributed by atoms with Gasteiger partial charge in [0.15, 0.2) is 0 Å². The zero-order valence-corrected chi connectivity index (χ0v) is 15.5. The van der Waals surface area contributed by atoms with Crippen LogP contribution in [0.25, 0.3) is 10.8 Å². The van der Waals surface area contributed by atoms with Crippen molar-refractivity contribution in [2.24, 2.45) is 0 Å². The molecule has 3 aromatic rings. The molecular formula is C18H15BrN2O3S. The summed E-state index contributed by atoms with van der Waals surface area (Å²) in [5.41, 5.74) is 3.09. The van der Waals surface area contributed by atoms with E-state index in [4.69, 9.17) is 0 Å². The van der Waals surface area contributed by atoms with Crippen LogP contribution in [0.15, 0.2) is 76.1 Å². The maximum absolute atomic E-state index is 12.2. The second-order valence-electron chi connectivity index (χ2n) is 5.43. The van der Waals surface area contributed by atoms with Crippen molar-refractivity contribution in [1.82, 2.24) is 10.3 Å². The Morgan fingerprint density at radius 2 is 1.68 bits per heavy atom. The van der Waals surface area contributed by atoms with E-state index in [1.165, 1.54) is 12.1 Å². The van der Waals surface area contributed by atoms with E-state index in [0.717, 1.165) is 16.3 Å². The Bertz CT molecular complexity index is 1030. The molecule has 0 spiro atoms. The Kier molecular flexibility index (Phi) is 5.17. The second kappa shape index (κ2) is 7.35. The Morgan fingerprint density at radius 3 is 2.48 bits per heavy atom. The van der Waals surface area contributed by atoms with Crippen LogP contribution in [0.5, 0.6) is 0 Å². The van der Waals surface area contributed by atoms with Crippen molar-refractivity contribution < 1.29 is 13.2 Å². The highest BCUT2D eigenvalue weighted by molar-refractivity contribution is 9.10. The summed E-state index contributed by atoms with van der Waals surface area (Å²) in [5.74, 6) is -0.435. The predicted octanol–water partition coefficient (Wildman–Crippen LogP) is 3.15. The van der Waals surface area contributed by atoms with Crippen molar-refractivity contribution in [1.29, 1.82) is 0 Å². The Morgan fingerprint density at radius 1 is 0.960 bits per heavy atom. The normalized spacial score (nSPS) is 11.4. The van der Waals surface area contributed by atoms with Crippen LogP contribution in [0.3, 0.4) is 0 Å². The highest BCUT2D eigenvalue weighted by Crippen LogP contribution is 2.19. The van der Waals surface area contributed by atoms with Gasteiger partial charge in [0.2, 0.25) is 5.91 Å². The second-order valence-corrected chi connectivity index (χ2v) is 8.02. The summed E-state index contributed by atoms with van der Waals surface area (Å²) in [6, 6.07) is 19.7. The van der Waals surface area contributed by atoms with Crippen LogP contribution in [0.2, 0.25) is 0 Å². The molecule has 0 saturated carbocycles. The molecule has 1 amide bonds. The average Bonchev–Trinajstić information content (AvgIpc) is 2.60. The first-order valence-electron chi connectivity index (χ1n) is 7.48. The number of carbonyl (C=O) groups excluding carboxylic acids is 1. The predicted molar refractivity (Wildman–Crippen MR) is 100 cm³/mol. The number of fused-ring (bicyclic) bond motifs is 1. The lowest BCUT2D eigenvalue weighted by Gasteiger charge is -2.10. The summed E-state index contributed by atoms with van der Waals surface area (Å²) >= 11 is 3.22. The van der Waals surface area contributed by atoms with Gasteiger partial charge in [0.25, 0.3) is 10.0 Å². The van der Waals surface area contributed by atoms with Gasteiger partial charge in [-0.05, 0) is 34.5 Å². The first-order valence-corrected chi connectivity index (χ1v) is 9.76. The summed E-state index contributed by atoms with van der Waals surface area (Å²) < 4.78 is 25.1. The minimum atomic E-state index is -3.82. The lowest BCUT2D eigenvalue weighted by Crippen LogP contribution is -2.42. The zero-order chi connectivity index (χ0) is 17.9. The van der Waals surface area contributed by atoms with E-state index in [2.05, 4.69) is 26.2 Å². The van der Waals surface area contributed by atoms with Gasteiger partial charge >= 0.3 is 0 Å². The molecule has 0 fully saturated rings. The first kappa shape index (κ1) is 17.6. The largest absolute Gasteiger partial charge is 0.277 e. The molecule has 2 N–H and O–H groups in total. The van der Waals surface area contributed by atoms with Crippen molar-refractivity contribution in [3.8, 4) is 0 Å². The van der Waals surface area contributed by atoms with Gasteiger partial charge in [0, 0.05) is 4.47 Å². The standard InChI is InChI=1S/C18H15BrN2O3S/c19-15-8-4-9-16(12-15)25(23,24)21-20-18(22)11-14-7-3-6-13-5-1-2-10-17(13)14/h1-10,12,21H,11H2,(H,20,22). The van der Waals surface area contributed by atoms with E-state index in [-0.39, 0.29) is 11.3 Å². The summed E-state index contributed by atoms with van der Waals surface area (Å²) in [6.45, 7) is 0. The van der Waals surface area contributed by atoms with E-state index in [1.54, 1.807) is 12.1 Å². The van der Waals surface area contributed by atoms with Crippen LogP contribution < -0.4 is 10.3 Å². The summed E-state index contributed by atoms with van der Waals surface area (Å²) in [7, 11) is -3.82. The number of amides is 1. The van der Waals surface area contributed by atoms with Gasteiger partial charge in [-0.15, -0.1) is 4.83 Å². The van der Waals surface area contributed by atoms with Crippen LogP contribution in [-0.4, -0.2) is 14.3 Å². The van der Waals surface area contributed by atoms with Gasteiger partial charge in [0.1, 0.15) is 0 Å². The van der Waals surface area contributed by atoms with Crippen LogP contribution >= 0.6 is 15.9 Å². The van der Waals surface area contributed by atoms with Crippen molar-refractivity contribution in [2.75, 3.05) is 0 Å². The minimum absolute atomic E-state index is 0.0623. The number of rotatable bonds is 5. The fourth-order valence-corrected chi connectivity index (χ4v) is 3.94. The molecule has 0 aliphatic heterocycles. The summed E-state index contributed by atoms with van der Waals surface area (Å²) in [6.07, 6.45) is 0.0718. The lowest BCUT2D eigenvalue weighted by atomic mass is 10.0. The molecule has 0 heterocycles. The third-order valence-electron chi connectivity index (χ3n) is 3.66. The van der Waals surface area contributed by atoms with Crippen LogP contribution in [-0.2, 0) is 21.2 Å². The van der Waals surface area contributed by atoms with Crippen LogP contribution in [0, 0.1) is 0 Å². The molecule has 0 aromatic heterocycles. The Hall–Kier alpha value is -2.22. The van der Waals surface area contributed by atoms with Crippen molar-refractivity contribution in [3.63, 3.8) is 0 Å². The van der Waals surface area contributed by atoms with E-state index in [1.807, 2.05) is 42.5 Å². The number of hydrogen-bond acceptors (Lipinski definition) is 3. The highest BCUT2D eigenvalue weighted by Gasteiger charge is 2.15. The van der Waals surface area contributed by atoms with Crippen molar-refractivity contribution in [3.05, 3.63) is 76.8 Å². The quantitative estimate of drug-likeness (QED) is 0.624. The SMILES string of the molecule is O=C(Cc1cccc2ccccc12)NNS(=O)(=O)c1cccc(Br)c1. The molecule has 0 aliphatic rings. The van der Waals surface area contributed by atoms with Gasteiger partial charge in [-0.2, -0.15) is 0 Å². The number of nitrogens with one attached hydrogen (secondary N) is 2. The van der Waals surface area contributed by atoms with Gasteiger partial charge in [-0.25, -0.2) is 8.42 Å². The molecule has 0 unspecified atom stereocenters. The third-order valence-corrected chi connectivity index (χ3v) is 5.40. The van der Waals surface area contributed by atoms with Crippen LogP contribution in [0.1, 0.15) is 5.56 Å². The van der Waals surface area contributed by atoms with Crippen molar-refractivity contribution in [2.45, 2.75) is 11.3 Å². The fraction of sp³-hybridized carbons (Fsp3) is 0.0556. The molecule has 128 valence electrons. The number of hydrazine groups is 1. The molecule has 0 radical (unpaired) electrons. The Balaban J connectivity index is 1.70.